The lowest BCUT2D eigenvalue weighted by atomic mass is 9.91. The van der Waals surface area contributed by atoms with Crippen molar-refractivity contribution in [3.63, 3.8) is 0 Å². The van der Waals surface area contributed by atoms with Gasteiger partial charge in [0.1, 0.15) is 6.54 Å². The lowest BCUT2D eigenvalue weighted by Crippen LogP contribution is -2.26. The molecule has 1 saturated heterocycles. The standard InChI is InChI=1S/C14H21N5O/c1-3-13-16-14(20-18-13)9-19-8-12(10(2)17-19)11-4-6-15-7-5-11/h8,11,15H,3-7,9H2,1-2H3. The van der Waals surface area contributed by atoms with Crippen LogP contribution in [-0.2, 0) is 13.0 Å². The fourth-order valence-corrected chi connectivity index (χ4v) is 2.78. The summed E-state index contributed by atoms with van der Waals surface area (Å²) in [7, 11) is 0. The molecule has 108 valence electrons. The lowest BCUT2D eigenvalue weighted by Gasteiger charge is -2.21. The van der Waals surface area contributed by atoms with E-state index in [0.717, 1.165) is 31.0 Å². The first-order valence-corrected chi connectivity index (χ1v) is 7.32. The van der Waals surface area contributed by atoms with Crippen molar-refractivity contribution >= 4 is 0 Å². The fraction of sp³-hybridized carbons (Fsp3) is 0.643. The van der Waals surface area contributed by atoms with Crippen LogP contribution in [0, 0.1) is 6.92 Å². The van der Waals surface area contributed by atoms with Gasteiger partial charge >= 0.3 is 0 Å². The summed E-state index contributed by atoms with van der Waals surface area (Å²) in [5, 5.41) is 11.9. The highest BCUT2D eigenvalue weighted by Crippen LogP contribution is 2.27. The summed E-state index contributed by atoms with van der Waals surface area (Å²) < 4.78 is 7.14. The van der Waals surface area contributed by atoms with Crippen molar-refractivity contribution in [1.29, 1.82) is 0 Å². The van der Waals surface area contributed by atoms with Gasteiger partial charge < -0.3 is 9.84 Å². The van der Waals surface area contributed by atoms with E-state index in [4.69, 9.17) is 4.52 Å². The van der Waals surface area contributed by atoms with Crippen LogP contribution in [0.15, 0.2) is 10.7 Å². The zero-order chi connectivity index (χ0) is 13.9. The van der Waals surface area contributed by atoms with Crippen LogP contribution in [0.25, 0.3) is 0 Å². The molecule has 1 fully saturated rings. The minimum atomic E-state index is 0.554. The molecule has 6 nitrogen and oxygen atoms in total. The zero-order valence-electron chi connectivity index (χ0n) is 12.1. The smallest absolute Gasteiger partial charge is 0.248 e. The number of nitrogens with zero attached hydrogens (tertiary/aromatic N) is 4. The highest BCUT2D eigenvalue weighted by Gasteiger charge is 2.20. The van der Waals surface area contributed by atoms with Crippen molar-refractivity contribution in [3.05, 3.63) is 29.2 Å². The van der Waals surface area contributed by atoms with Crippen molar-refractivity contribution in [1.82, 2.24) is 25.2 Å². The van der Waals surface area contributed by atoms with Gasteiger partial charge in [0.2, 0.25) is 5.89 Å². The first-order valence-electron chi connectivity index (χ1n) is 7.32. The minimum Gasteiger partial charge on any atom is -0.337 e. The number of aryl methyl sites for hydroxylation is 2. The first kappa shape index (κ1) is 13.3. The molecule has 1 aliphatic heterocycles. The lowest BCUT2D eigenvalue weighted by molar-refractivity contribution is 0.361. The van der Waals surface area contributed by atoms with Crippen molar-refractivity contribution in [2.75, 3.05) is 13.1 Å². The van der Waals surface area contributed by atoms with E-state index < -0.39 is 0 Å². The maximum absolute atomic E-state index is 5.22. The molecule has 0 amide bonds. The number of hydrogen-bond donors (Lipinski definition) is 1. The quantitative estimate of drug-likeness (QED) is 0.919. The summed E-state index contributed by atoms with van der Waals surface area (Å²) in [6, 6.07) is 0. The van der Waals surface area contributed by atoms with Crippen LogP contribution < -0.4 is 5.32 Å². The van der Waals surface area contributed by atoms with E-state index in [0.29, 0.717) is 18.4 Å². The van der Waals surface area contributed by atoms with Gasteiger partial charge in [-0.15, -0.1) is 0 Å². The molecule has 3 rings (SSSR count). The second-order valence-electron chi connectivity index (χ2n) is 5.35. The van der Waals surface area contributed by atoms with Crippen molar-refractivity contribution in [3.8, 4) is 0 Å². The van der Waals surface area contributed by atoms with E-state index in [2.05, 4.69) is 33.7 Å². The van der Waals surface area contributed by atoms with Crippen molar-refractivity contribution in [2.45, 2.75) is 45.6 Å². The molecule has 1 N–H and O–H groups in total. The molecule has 0 unspecified atom stereocenters. The Morgan fingerprint density at radius 2 is 2.20 bits per heavy atom. The van der Waals surface area contributed by atoms with Crippen LogP contribution >= 0.6 is 0 Å². The van der Waals surface area contributed by atoms with Gasteiger partial charge in [-0.25, -0.2) is 0 Å². The predicted octanol–water partition coefficient (Wildman–Crippen LogP) is 1.65. The Labute approximate surface area is 118 Å². The van der Waals surface area contributed by atoms with Crippen molar-refractivity contribution < 1.29 is 4.52 Å². The van der Waals surface area contributed by atoms with E-state index in [1.165, 1.54) is 18.4 Å². The molecule has 0 spiro atoms. The molecule has 20 heavy (non-hydrogen) atoms. The molecule has 6 heteroatoms. The molecule has 0 aromatic carbocycles. The van der Waals surface area contributed by atoms with Crippen LogP contribution in [0.2, 0.25) is 0 Å². The van der Waals surface area contributed by atoms with Crippen molar-refractivity contribution in [2.24, 2.45) is 0 Å². The van der Waals surface area contributed by atoms with Gasteiger partial charge in [0.25, 0.3) is 0 Å². The molecule has 1 aliphatic rings. The average Bonchev–Trinajstić information content (AvgIpc) is 3.07. The predicted molar refractivity (Wildman–Crippen MR) is 74.6 cm³/mol. The number of nitrogens with one attached hydrogen (secondary N) is 1. The summed E-state index contributed by atoms with van der Waals surface area (Å²) in [4.78, 5) is 4.33. The van der Waals surface area contributed by atoms with E-state index in [1.807, 2.05) is 11.6 Å². The normalized spacial score (nSPS) is 16.7. The molecule has 0 atom stereocenters. The summed E-state index contributed by atoms with van der Waals surface area (Å²) in [6.07, 6.45) is 5.31. The molecule has 0 radical (unpaired) electrons. The summed E-state index contributed by atoms with van der Waals surface area (Å²) in [6.45, 7) is 6.84. The Bertz CT molecular complexity index is 568. The Hall–Kier alpha value is -1.69. The Morgan fingerprint density at radius 3 is 2.90 bits per heavy atom. The fourth-order valence-electron chi connectivity index (χ4n) is 2.78. The molecular formula is C14H21N5O. The zero-order valence-corrected chi connectivity index (χ0v) is 12.1. The maximum Gasteiger partial charge on any atom is 0.248 e. The van der Waals surface area contributed by atoms with Crippen LogP contribution in [0.4, 0.5) is 0 Å². The third-order valence-corrected chi connectivity index (χ3v) is 3.89. The molecule has 3 heterocycles. The van der Waals surface area contributed by atoms with Gasteiger partial charge in [0.05, 0.1) is 5.69 Å². The summed E-state index contributed by atoms with van der Waals surface area (Å²) in [5.74, 6) is 2.00. The van der Waals surface area contributed by atoms with E-state index >= 15 is 0 Å². The van der Waals surface area contributed by atoms with Crippen LogP contribution in [-0.4, -0.2) is 33.0 Å². The molecule has 2 aromatic heterocycles. The number of aromatic nitrogens is 4. The Kier molecular flexibility index (Phi) is 3.82. The second kappa shape index (κ2) is 5.75. The summed E-state index contributed by atoms with van der Waals surface area (Å²) >= 11 is 0. The van der Waals surface area contributed by atoms with Gasteiger partial charge in [0.15, 0.2) is 5.82 Å². The maximum atomic E-state index is 5.22. The monoisotopic (exact) mass is 275 g/mol. The Balaban J connectivity index is 1.74. The average molecular weight is 275 g/mol. The number of hydrogen-bond acceptors (Lipinski definition) is 5. The molecule has 0 saturated carbocycles. The summed E-state index contributed by atoms with van der Waals surface area (Å²) in [5.41, 5.74) is 2.48. The highest BCUT2D eigenvalue weighted by atomic mass is 16.5. The molecule has 2 aromatic rings. The second-order valence-corrected chi connectivity index (χ2v) is 5.35. The van der Waals surface area contributed by atoms with Crippen LogP contribution in [0.5, 0.6) is 0 Å². The first-order chi connectivity index (χ1) is 9.76. The van der Waals surface area contributed by atoms with Gasteiger partial charge in [-0.1, -0.05) is 12.1 Å². The van der Waals surface area contributed by atoms with E-state index in [9.17, 15) is 0 Å². The van der Waals surface area contributed by atoms with Gasteiger partial charge in [0, 0.05) is 12.6 Å². The molecular weight excluding hydrogens is 254 g/mol. The van der Waals surface area contributed by atoms with Gasteiger partial charge in [-0.2, -0.15) is 10.1 Å². The Morgan fingerprint density at radius 1 is 1.40 bits per heavy atom. The van der Waals surface area contributed by atoms with Gasteiger partial charge in [-0.05, 0) is 44.3 Å². The number of piperidine rings is 1. The van der Waals surface area contributed by atoms with E-state index in [1.54, 1.807) is 0 Å². The van der Waals surface area contributed by atoms with Gasteiger partial charge in [-0.3, -0.25) is 4.68 Å². The van der Waals surface area contributed by atoms with E-state index in [-0.39, 0.29) is 0 Å². The van der Waals surface area contributed by atoms with Crippen LogP contribution in [0.1, 0.15) is 48.7 Å². The highest BCUT2D eigenvalue weighted by molar-refractivity contribution is 5.21. The molecule has 0 aliphatic carbocycles. The minimum absolute atomic E-state index is 0.554. The topological polar surface area (TPSA) is 68.8 Å². The SMILES string of the molecule is CCc1noc(Cn2cc(C3CCNCC3)c(C)n2)n1. The third-order valence-electron chi connectivity index (χ3n) is 3.89. The number of rotatable bonds is 4. The third kappa shape index (κ3) is 2.75. The molecule has 0 bridgehead atoms. The largest absolute Gasteiger partial charge is 0.337 e. The van der Waals surface area contributed by atoms with Crippen LogP contribution in [0.3, 0.4) is 0 Å².